The lowest BCUT2D eigenvalue weighted by Crippen LogP contribution is -2.44. The van der Waals surface area contributed by atoms with Crippen molar-refractivity contribution in [3.8, 4) is 0 Å². The summed E-state index contributed by atoms with van der Waals surface area (Å²) in [7, 11) is 0. The molecule has 2 aromatic rings. The second-order valence-electron chi connectivity index (χ2n) is 6.43. The lowest BCUT2D eigenvalue weighted by atomic mass is 9.64. The predicted molar refractivity (Wildman–Crippen MR) is 92.7 cm³/mol. The van der Waals surface area contributed by atoms with Gasteiger partial charge in [-0.1, -0.05) is 36.2 Å². The molecule has 4 nitrogen and oxygen atoms in total. The maximum atomic E-state index is 13.1. The van der Waals surface area contributed by atoms with Crippen LogP contribution < -0.4 is 5.32 Å². The van der Waals surface area contributed by atoms with Crippen molar-refractivity contribution in [2.24, 2.45) is 0 Å². The molecule has 130 valence electrons. The first-order chi connectivity index (χ1) is 12.0. The lowest BCUT2D eigenvalue weighted by Gasteiger charge is -2.39. The summed E-state index contributed by atoms with van der Waals surface area (Å²) in [6, 6.07) is 13.3. The Morgan fingerprint density at radius 1 is 1.08 bits per heavy atom. The molecule has 0 atom stereocenters. The number of ether oxygens (including phenoxy) is 1. The number of rotatable bonds is 5. The molecule has 1 N–H and O–H groups in total. The summed E-state index contributed by atoms with van der Waals surface area (Å²) in [5.41, 5.74) is 1.74. The predicted octanol–water partition coefficient (Wildman–Crippen LogP) is 3.74. The molecule has 0 spiro atoms. The van der Waals surface area contributed by atoms with Gasteiger partial charge in [0, 0.05) is 5.69 Å². The first-order valence-corrected chi connectivity index (χ1v) is 8.29. The number of hydrogen-bond acceptors (Lipinski definition) is 3. The van der Waals surface area contributed by atoms with Crippen molar-refractivity contribution in [1.29, 1.82) is 0 Å². The number of benzene rings is 2. The van der Waals surface area contributed by atoms with Crippen LogP contribution in [0, 0.1) is 12.7 Å². The Kier molecular flexibility index (Phi) is 4.83. The van der Waals surface area contributed by atoms with E-state index in [-0.39, 0.29) is 18.3 Å². The summed E-state index contributed by atoms with van der Waals surface area (Å²) in [5, 5.41) is 2.69. The standard InChI is InChI=1S/C20H20FNO3/c1-14-3-9-17(10-4-14)22-18(23)13-25-19(24)20(11-2-12-20)15-5-7-16(21)8-6-15/h3-10H,2,11-13H2,1H3,(H,22,23). The van der Waals surface area contributed by atoms with E-state index in [1.54, 1.807) is 24.3 Å². The number of halogens is 1. The van der Waals surface area contributed by atoms with E-state index in [2.05, 4.69) is 5.32 Å². The van der Waals surface area contributed by atoms with Crippen LogP contribution in [0.3, 0.4) is 0 Å². The summed E-state index contributed by atoms with van der Waals surface area (Å²) >= 11 is 0. The summed E-state index contributed by atoms with van der Waals surface area (Å²) in [5.74, 6) is -1.15. The second-order valence-corrected chi connectivity index (χ2v) is 6.43. The van der Waals surface area contributed by atoms with Gasteiger partial charge in [-0.25, -0.2) is 4.39 Å². The maximum absolute atomic E-state index is 13.1. The van der Waals surface area contributed by atoms with E-state index in [4.69, 9.17) is 4.74 Å². The Bertz CT molecular complexity index is 765. The third-order valence-corrected chi connectivity index (χ3v) is 4.66. The minimum absolute atomic E-state index is 0.338. The van der Waals surface area contributed by atoms with Gasteiger partial charge < -0.3 is 10.1 Å². The van der Waals surface area contributed by atoms with Gasteiger partial charge >= 0.3 is 5.97 Å². The molecular weight excluding hydrogens is 321 g/mol. The van der Waals surface area contributed by atoms with E-state index < -0.39 is 11.4 Å². The van der Waals surface area contributed by atoms with Crippen molar-refractivity contribution < 1.29 is 18.7 Å². The molecule has 0 heterocycles. The zero-order chi connectivity index (χ0) is 17.9. The van der Waals surface area contributed by atoms with Crippen molar-refractivity contribution in [3.63, 3.8) is 0 Å². The quantitative estimate of drug-likeness (QED) is 0.843. The highest BCUT2D eigenvalue weighted by atomic mass is 19.1. The summed E-state index contributed by atoms with van der Waals surface area (Å²) in [6.07, 6.45) is 2.20. The van der Waals surface area contributed by atoms with Crippen LogP contribution in [0.4, 0.5) is 10.1 Å². The normalized spacial score (nSPS) is 15.1. The van der Waals surface area contributed by atoms with Gasteiger partial charge in [-0.3, -0.25) is 9.59 Å². The van der Waals surface area contributed by atoms with Crippen LogP contribution in [-0.2, 0) is 19.7 Å². The number of amides is 1. The first-order valence-electron chi connectivity index (χ1n) is 8.29. The third kappa shape index (κ3) is 3.71. The molecule has 0 saturated heterocycles. The van der Waals surface area contributed by atoms with Crippen LogP contribution in [0.15, 0.2) is 48.5 Å². The molecule has 1 amide bonds. The third-order valence-electron chi connectivity index (χ3n) is 4.66. The lowest BCUT2D eigenvalue weighted by molar-refractivity contribution is -0.156. The molecule has 3 rings (SSSR count). The molecule has 0 aliphatic heterocycles. The smallest absolute Gasteiger partial charge is 0.317 e. The Hall–Kier alpha value is -2.69. The van der Waals surface area contributed by atoms with Crippen molar-refractivity contribution in [2.75, 3.05) is 11.9 Å². The Morgan fingerprint density at radius 3 is 2.28 bits per heavy atom. The number of aryl methyl sites for hydroxylation is 1. The zero-order valence-corrected chi connectivity index (χ0v) is 14.0. The average molecular weight is 341 g/mol. The Morgan fingerprint density at radius 2 is 1.72 bits per heavy atom. The first kappa shape index (κ1) is 17.1. The van der Waals surface area contributed by atoms with E-state index in [0.717, 1.165) is 17.5 Å². The van der Waals surface area contributed by atoms with E-state index in [9.17, 15) is 14.0 Å². The molecule has 1 saturated carbocycles. The molecule has 1 fully saturated rings. The highest BCUT2D eigenvalue weighted by Crippen LogP contribution is 2.44. The van der Waals surface area contributed by atoms with E-state index in [1.807, 2.05) is 19.1 Å². The number of hydrogen-bond donors (Lipinski definition) is 1. The summed E-state index contributed by atoms with van der Waals surface area (Å²) in [6.45, 7) is 1.62. The molecule has 0 bridgehead atoms. The van der Waals surface area contributed by atoms with E-state index in [0.29, 0.717) is 18.5 Å². The number of nitrogens with one attached hydrogen (secondary N) is 1. The van der Waals surface area contributed by atoms with Crippen molar-refractivity contribution in [3.05, 3.63) is 65.5 Å². The SMILES string of the molecule is Cc1ccc(NC(=O)COC(=O)C2(c3ccc(F)cc3)CCC2)cc1. The number of carbonyl (C=O) groups is 2. The van der Waals surface area contributed by atoms with Crippen LogP contribution >= 0.6 is 0 Å². The van der Waals surface area contributed by atoms with Crippen molar-refractivity contribution >= 4 is 17.6 Å². The molecule has 1 aliphatic rings. The molecular formula is C20H20FNO3. The van der Waals surface area contributed by atoms with Gasteiger partial charge in [-0.15, -0.1) is 0 Å². The summed E-state index contributed by atoms with van der Waals surface area (Å²) in [4.78, 5) is 24.5. The molecule has 0 radical (unpaired) electrons. The molecule has 2 aromatic carbocycles. The van der Waals surface area contributed by atoms with Crippen molar-refractivity contribution in [2.45, 2.75) is 31.6 Å². The van der Waals surface area contributed by atoms with Crippen LogP contribution in [0.5, 0.6) is 0 Å². The Balaban J connectivity index is 1.60. The van der Waals surface area contributed by atoms with Gasteiger partial charge in [-0.05, 0) is 49.6 Å². The number of carbonyl (C=O) groups excluding carboxylic acids is 2. The average Bonchev–Trinajstić information content (AvgIpc) is 2.56. The van der Waals surface area contributed by atoms with Crippen LogP contribution in [0.2, 0.25) is 0 Å². The second kappa shape index (κ2) is 7.05. The van der Waals surface area contributed by atoms with E-state index >= 15 is 0 Å². The van der Waals surface area contributed by atoms with Gasteiger partial charge in [-0.2, -0.15) is 0 Å². The largest absolute Gasteiger partial charge is 0.455 e. The van der Waals surface area contributed by atoms with Crippen LogP contribution in [-0.4, -0.2) is 18.5 Å². The topological polar surface area (TPSA) is 55.4 Å². The minimum atomic E-state index is -0.752. The van der Waals surface area contributed by atoms with Gasteiger partial charge in [0.25, 0.3) is 5.91 Å². The van der Waals surface area contributed by atoms with Crippen LogP contribution in [0.25, 0.3) is 0 Å². The summed E-state index contributed by atoms with van der Waals surface area (Å²) < 4.78 is 18.4. The van der Waals surface area contributed by atoms with Gasteiger partial charge in [0.2, 0.25) is 0 Å². The monoisotopic (exact) mass is 341 g/mol. The highest BCUT2D eigenvalue weighted by Gasteiger charge is 2.47. The maximum Gasteiger partial charge on any atom is 0.317 e. The Labute approximate surface area is 146 Å². The molecule has 0 unspecified atom stereocenters. The molecule has 25 heavy (non-hydrogen) atoms. The van der Waals surface area contributed by atoms with Gasteiger partial charge in [0.15, 0.2) is 6.61 Å². The molecule has 5 heteroatoms. The zero-order valence-electron chi connectivity index (χ0n) is 14.0. The fourth-order valence-electron chi connectivity index (χ4n) is 3.01. The number of anilines is 1. The van der Waals surface area contributed by atoms with E-state index in [1.165, 1.54) is 12.1 Å². The molecule has 1 aliphatic carbocycles. The van der Waals surface area contributed by atoms with Crippen molar-refractivity contribution in [1.82, 2.24) is 0 Å². The van der Waals surface area contributed by atoms with Gasteiger partial charge in [0.05, 0.1) is 5.41 Å². The fourth-order valence-corrected chi connectivity index (χ4v) is 3.01. The fraction of sp³-hybridized carbons (Fsp3) is 0.300. The van der Waals surface area contributed by atoms with Gasteiger partial charge in [0.1, 0.15) is 5.82 Å². The molecule has 0 aromatic heterocycles. The number of esters is 1. The highest BCUT2D eigenvalue weighted by molar-refractivity contribution is 5.94. The minimum Gasteiger partial charge on any atom is -0.455 e. The van der Waals surface area contributed by atoms with Crippen LogP contribution in [0.1, 0.15) is 30.4 Å².